The van der Waals surface area contributed by atoms with Crippen molar-refractivity contribution in [3.63, 3.8) is 0 Å². The summed E-state index contributed by atoms with van der Waals surface area (Å²) < 4.78 is 0.733. The molecule has 2 rings (SSSR count). The molecule has 1 N–H and O–H groups in total. The third-order valence-electron chi connectivity index (χ3n) is 3.51. The zero-order valence-electron chi connectivity index (χ0n) is 13.6. The van der Waals surface area contributed by atoms with Gasteiger partial charge in [0.2, 0.25) is 5.91 Å². The second kappa shape index (κ2) is 8.45. The molecule has 0 aromatic carbocycles. The van der Waals surface area contributed by atoms with Gasteiger partial charge in [-0.1, -0.05) is 17.7 Å². The highest BCUT2D eigenvalue weighted by Crippen LogP contribution is 2.31. The summed E-state index contributed by atoms with van der Waals surface area (Å²) in [5.41, 5.74) is 1.47. The minimum Gasteiger partial charge on any atom is -0.315 e. The van der Waals surface area contributed by atoms with E-state index in [-0.39, 0.29) is 12.5 Å². The lowest BCUT2D eigenvalue weighted by Gasteiger charge is -2.19. The van der Waals surface area contributed by atoms with E-state index >= 15 is 0 Å². The monoisotopic (exact) mass is 379 g/mol. The van der Waals surface area contributed by atoms with Crippen molar-refractivity contribution in [3.8, 4) is 6.07 Å². The van der Waals surface area contributed by atoms with E-state index in [0.29, 0.717) is 23.7 Å². The summed E-state index contributed by atoms with van der Waals surface area (Å²) in [6.45, 7) is 9.03. The van der Waals surface area contributed by atoms with Crippen LogP contribution in [0.5, 0.6) is 0 Å². The number of hydrogen-bond donors (Lipinski definition) is 1. The zero-order valence-corrected chi connectivity index (χ0v) is 15.9. The van der Waals surface area contributed by atoms with E-state index in [9.17, 15) is 10.1 Å². The zero-order chi connectivity index (χ0) is 17.7. The highest BCUT2D eigenvalue weighted by atomic mass is 35.5. The van der Waals surface area contributed by atoms with Crippen molar-refractivity contribution in [2.45, 2.75) is 20.4 Å². The van der Waals surface area contributed by atoms with Crippen molar-refractivity contribution in [3.05, 3.63) is 50.0 Å². The van der Waals surface area contributed by atoms with E-state index in [4.69, 9.17) is 11.6 Å². The van der Waals surface area contributed by atoms with Crippen molar-refractivity contribution >= 4 is 45.2 Å². The number of rotatable bonds is 7. The molecule has 0 saturated carbocycles. The summed E-state index contributed by atoms with van der Waals surface area (Å²) in [5.74, 6) is -0.141. The molecule has 7 heteroatoms. The molecule has 0 atom stereocenters. The first-order valence-corrected chi connectivity index (χ1v) is 9.33. The maximum absolute atomic E-state index is 12.4. The number of hydrogen-bond acceptors (Lipinski definition) is 5. The van der Waals surface area contributed by atoms with Gasteiger partial charge in [-0.15, -0.1) is 29.3 Å². The van der Waals surface area contributed by atoms with Crippen molar-refractivity contribution in [1.29, 1.82) is 5.26 Å². The van der Waals surface area contributed by atoms with E-state index in [0.717, 1.165) is 19.7 Å². The standard InChI is InChI=1S/C17H18ClN3OS2/c1-4-7-21(9-13-5-6-15(18)24-13)10-16(22)20-17-14(8-19)11(2)12(3)23-17/h4-6H,1,7,9-10H2,2-3H3,(H,20,22). The van der Waals surface area contributed by atoms with Crippen molar-refractivity contribution < 1.29 is 4.79 Å². The largest absolute Gasteiger partial charge is 0.315 e. The quantitative estimate of drug-likeness (QED) is 0.716. The lowest BCUT2D eigenvalue weighted by molar-refractivity contribution is -0.117. The summed E-state index contributed by atoms with van der Waals surface area (Å²) in [5, 5.41) is 12.7. The van der Waals surface area contributed by atoms with E-state index < -0.39 is 0 Å². The number of amides is 1. The molecule has 0 radical (unpaired) electrons. The number of carbonyl (C=O) groups excluding carboxylic acids is 1. The number of thiophene rings is 2. The average molecular weight is 380 g/mol. The average Bonchev–Trinajstić information content (AvgIpc) is 3.03. The Kier molecular flexibility index (Phi) is 6.58. The molecule has 126 valence electrons. The molecule has 0 spiro atoms. The molecule has 2 aromatic heterocycles. The Bertz CT molecular complexity index is 788. The molecule has 2 aromatic rings. The van der Waals surface area contributed by atoms with Gasteiger partial charge in [0.1, 0.15) is 11.1 Å². The predicted octanol–water partition coefficient (Wildman–Crippen LogP) is 4.58. The molecule has 0 bridgehead atoms. The molecule has 0 aliphatic heterocycles. The molecule has 4 nitrogen and oxygen atoms in total. The fraction of sp³-hybridized carbons (Fsp3) is 0.294. The van der Waals surface area contributed by atoms with Crippen LogP contribution in [0.1, 0.15) is 20.9 Å². The Morgan fingerprint density at radius 2 is 2.21 bits per heavy atom. The Labute approximate surface area is 155 Å². The van der Waals surface area contributed by atoms with Gasteiger partial charge in [-0.3, -0.25) is 9.69 Å². The number of nitrogens with zero attached hydrogens (tertiary/aromatic N) is 2. The van der Waals surface area contributed by atoms with Crippen LogP contribution in [0, 0.1) is 25.2 Å². The Balaban J connectivity index is 2.04. The molecule has 0 aliphatic carbocycles. The van der Waals surface area contributed by atoms with E-state index in [1.165, 1.54) is 22.7 Å². The molecule has 1 amide bonds. The summed E-state index contributed by atoms with van der Waals surface area (Å²) in [4.78, 5) is 16.5. The van der Waals surface area contributed by atoms with Crippen LogP contribution in [-0.2, 0) is 11.3 Å². The van der Waals surface area contributed by atoms with Crippen molar-refractivity contribution in [1.82, 2.24) is 4.90 Å². The minimum absolute atomic E-state index is 0.141. The van der Waals surface area contributed by atoms with Crippen LogP contribution in [0.4, 0.5) is 5.00 Å². The maximum atomic E-state index is 12.4. The first-order valence-electron chi connectivity index (χ1n) is 7.32. The lowest BCUT2D eigenvalue weighted by atomic mass is 10.2. The number of aryl methyl sites for hydroxylation is 1. The Morgan fingerprint density at radius 3 is 2.79 bits per heavy atom. The number of anilines is 1. The smallest absolute Gasteiger partial charge is 0.239 e. The van der Waals surface area contributed by atoms with Gasteiger partial charge in [-0.25, -0.2) is 0 Å². The number of carbonyl (C=O) groups is 1. The van der Waals surface area contributed by atoms with Gasteiger partial charge in [0, 0.05) is 22.8 Å². The van der Waals surface area contributed by atoms with Gasteiger partial charge in [-0.05, 0) is 31.5 Å². The second-order valence-corrected chi connectivity index (χ2v) is 8.34. The number of nitrogens with one attached hydrogen (secondary N) is 1. The van der Waals surface area contributed by atoms with Crippen LogP contribution in [0.2, 0.25) is 4.34 Å². The third kappa shape index (κ3) is 4.68. The first kappa shape index (κ1) is 18.7. The van der Waals surface area contributed by atoms with Gasteiger partial charge < -0.3 is 5.32 Å². The van der Waals surface area contributed by atoms with Crippen molar-refractivity contribution in [2.75, 3.05) is 18.4 Å². The lowest BCUT2D eigenvalue weighted by Crippen LogP contribution is -2.32. The van der Waals surface area contributed by atoms with Gasteiger partial charge >= 0.3 is 0 Å². The van der Waals surface area contributed by atoms with Gasteiger partial charge in [0.25, 0.3) is 0 Å². The molecule has 0 saturated heterocycles. The van der Waals surface area contributed by atoms with Crippen LogP contribution in [0.3, 0.4) is 0 Å². The summed E-state index contributed by atoms with van der Waals surface area (Å²) >= 11 is 8.89. The number of nitriles is 1. The second-order valence-electron chi connectivity index (χ2n) is 5.31. The van der Waals surface area contributed by atoms with E-state index in [2.05, 4.69) is 18.0 Å². The van der Waals surface area contributed by atoms with Crippen LogP contribution >= 0.6 is 34.3 Å². The fourth-order valence-corrected chi connectivity index (χ4v) is 4.40. The van der Waals surface area contributed by atoms with E-state index in [1.807, 2.05) is 30.9 Å². The molecule has 0 aliphatic rings. The highest BCUT2D eigenvalue weighted by molar-refractivity contribution is 7.16. The van der Waals surface area contributed by atoms with Gasteiger partial charge in [-0.2, -0.15) is 5.26 Å². The van der Waals surface area contributed by atoms with Crippen LogP contribution in [0.25, 0.3) is 0 Å². The topological polar surface area (TPSA) is 56.1 Å². The fourth-order valence-electron chi connectivity index (χ4n) is 2.24. The summed E-state index contributed by atoms with van der Waals surface area (Å²) in [6, 6.07) is 5.97. The van der Waals surface area contributed by atoms with Crippen LogP contribution < -0.4 is 5.32 Å². The Hall–Kier alpha value is -1.65. The van der Waals surface area contributed by atoms with Gasteiger partial charge in [0.15, 0.2) is 0 Å². The summed E-state index contributed by atoms with van der Waals surface area (Å²) in [6.07, 6.45) is 1.77. The van der Waals surface area contributed by atoms with Gasteiger partial charge in [0.05, 0.1) is 16.4 Å². The predicted molar refractivity (Wildman–Crippen MR) is 102 cm³/mol. The SMILES string of the molecule is C=CCN(CC(=O)Nc1sc(C)c(C)c1C#N)Cc1ccc(Cl)s1. The molecule has 0 unspecified atom stereocenters. The number of halogens is 1. The highest BCUT2D eigenvalue weighted by Gasteiger charge is 2.17. The van der Waals surface area contributed by atoms with Crippen LogP contribution in [0.15, 0.2) is 24.8 Å². The Morgan fingerprint density at radius 1 is 1.46 bits per heavy atom. The third-order valence-corrected chi connectivity index (χ3v) is 5.85. The molecular weight excluding hydrogens is 362 g/mol. The summed E-state index contributed by atoms with van der Waals surface area (Å²) in [7, 11) is 0. The normalized spacial score (nSPS) is 10.6. The first-order chi connectivity index (χ1) is 11.4. The van der Waals surface area contributed by atoms with Crippen LogP contribution in [-0.4, -0.2) is 23.9 Å². The van der Waals surface area contributed by atoms with Crippen molar-refractivity contribution in [2.24, 2.45) is 0 Å². The maximum Gasteiger partial charge on any atom is 0.239 e. The molecule has 0 fully saturated rings. The van der Waals surface area contributed by atoms with E-state index in [1.54, 1.807) is 6.08 Å². The molecular formula is C17H18ClN3OS2. The molecule has 24 heavy (non-hydrogen) atoms. The molecule has 2 heterocycles. The minimum atomic E-state index is -0.141.